The number of nitrogens with zero attached hydrogens (tertiary/aromatic N) is 4. The van der Waals surface area contributed by atoms with E-state index in [0.717, 1.165) is 42.7 Å². The van der Waals surface area contributed by atoms with Crippen molar-refractivity contribution >= 4 is 17.3 Å². The van der Waals surface area contributed by atoms with E-state index < -0.39 is 0 Å². The molecule has 2 aromatic rings. The Kier molecular flexibility index (Phi) is 6.39. The zero-order valence-corrected chi connectivity index (χ0v) is 14.3. The van der Waals surface area contributed by atoms with E-state index in [1.807, 2.05) is 26.4 Å². The Bertz CT molecular complexity index is 587. The van der Waals surface area contributed by atoms with Crippen molar-refractivity contribution in [3.05, 3.63) is 34.3 Å². The molecule has 0 aliphatic rings. The summed E-state index contributed by atoms with van der Waals surface area (Å²) in [4.78, 5) is 14.3. The van der Waals surface area contributed by atoms with Gasteiger partial charge in [-0.15, -0.1) is 11.3 Å². The molecule has 2 N–H and O–H groups in total. The van der Waals surface area contributed by atoms with Crippen molar-refractivity contribution in [2.45, 2.75) is 40.3 Å². The summed E-state index contributed by atoms with van der Waals surface area (Å²) in [6.45, 7) is 9.52. The van der Waals surface area contributed by atoms with Gasteiger partial charge in [-0.1, -0.05) is 0 Å². The Hall–Kier alpha value is -1.89. The number of aryl methyl sites for hydroxylation is 3. The molecule has 120 valence electrons. The van der Waals surface area contributed by atoms with Crippen LogP contribution >= 0.6 is 11.3 Å². The zero-order valence-electron chi connectivity index (χ0n) is 13.5. The van der Waals surface area contributed by atoms with Gasteiger partial charge in [0.25, 0.3) is 0 Å². The van der Waals surface area contributed by atoms with Crippen molar-refractivity contribution in [2.24, 2.45) is 4.99 Å². The molecule has 2 aromatic heterocycles. The van der Waals surface area contributed by atoms with Crippen molar-refractivity contribution in [3.8, 4) is 0 Å². The van der Waals surface area contributed by atoms with Crippen LogP contribution in [0.4, 0.5) is 0 Å². The largest absolute Gasteiger partial charge is 0.357 e. The minimum absolute atomic E-state index is 0.675. The monoisotopic (exact) mass is 320 g/mol. The van der Waals surface area contributed by atoms with Crippen LogP contribution in [0.15, 0.2) is 23.7 Å². The van der Waals surface area contributed by atoms with Gasteiger partial charge in [-0.05, 0) is 27.2 Å². The number of aromatic nitrogens is 3. The van der Waals surface area contributed by atoms with Crippen LogP contribution < -0.4 is 10.6 Å². The fourth-order valence-electron chi connectivity index (χ4n) is 2.10. The molecule has 0 spiro atoms. The lowest BCUT2D eigenvalue weighted by Gasteiger charge is -2.11. The highest BCUT2D eigenvalue weighted by Crippen LogP contribution is 2.17. The molecule has 0 radical (unpaired) electrons. The van der Waals surface area contributed by atoms with Crippen molar-refractivity contribution in [1.82, 2.24) is 25.2 Å². The van der Waals surface area contributed by atoms with E-state index in [-0.39, 0.29) is 0 Å². The van der Waals surface area contributed by atoms with E-state index in [2.05, 4.69) is 37.1 Å². The molecule has 0 aromatic carbocycles. The number of aliphatic imine (C=N–C) groups is 1. The number of hydrogen-bond acceptors (Lipinski definition) is 4. The Morgan fingerprint density at radius 2 is 2.23 bits per heavy atom. The molecule has 6 nitrogen and oxygen atoms in total. The second kappa shape index (κ2) is 8.53. The predicted octanol–water partition coefficient (Wildman–Crippen LogP) is 2.10. The van der Waals surface area contributed by atoms with E-state index in [0.29, 0.717) is 6.54 Å². The zero-order chi connectivity index (χ0) is 15.8. The average Bonchev–Trinajstić information content (AvgIpc) is 3.10. The lowest BCUT2D eigenvalue weighted by Crippen LogP contribution is -2.38. The van der Waals surface area contributed by atoms with Gasteiger partial charge < -0.3 is 15.2 Å². The van der Waals surface area contributed by atoms with Gasteiger partial charge in [-0.3, -0.25) is 0 Å². The minimum Gasteiger partial charge on any atom is -0.357 e. The van der Waals surface area contributed by atoms with E-state index in [1.54, 1.807) is 17.5 Å². The molecule has 22 heavy (non-hydrogen) atoms. The Morgan fingerprint density at radius 3 is 2.86 bits per heavy atom. The SMILES string of the molecule is CCNC(=NCc1sc(C)nc1C)NCCCn1ccnc1. The van der Waals surface area contributed by atoms with Crippen LogP contribution in [0.5, 0.6) is 0 Å². The third-order valence-electron chi connectivity index (χ3n) is 3.17. The van der Waals surface area contributed by atoms with Crippen molar-refractivity contribution in [2.75, 3.05) is 13.1 Å². The van der Waals surface area contributed by atoms with Gasteiger partial charge >= 0.3 is 0 Å². The van der Waals surface area contributed by atoms with Gasteiger partial charge in [0, 0.05) is 36.9 Å². The summed E-state index contributed by atoms with van der Waals surface area (Å²) in [5.41, 5.74) is 1.09. The molecule has 0 saturated heterocycles. The summed E-state index contributed by atoms with van der Waals surface area (Å²) >= 11 is 1.72. The first kappa shape index (κ1) is 16.5. The van der Waals surface area contributed by atoms with Crippen molar-refractivity contribution < 1.29 is 0 Å². The van der Waals surface area contributed by atoms with Crippen LogP contribution in [-0.2, 0) is 13.1 Å². The number of thiazole rings is 1. The highest BCUT2D eigenvalue weighted by Gasteiger charge is 2.04. The van der Waals surface area contributed by atoms with Crippen LogP contribution in [0.2, 0.25) is 0 Å². The van der Waals surface area contributed by atoms with Crippen LogP contribution in [0.3, 0.4) is 0 Å². The first-order valence-corrected chi connectivity index (χ1v) is 8.41. The summed E-state index contributed by atoms with van der Waals surface area (Å²) in [5.74, 6) is 0.860. The highest BCUT2D eigenvalue weighted by molar-refractivity contribution is 7.11. The molecule has 0 fully saturated rings. The fraction of sp³-hybridized carbons (Fsp3) is 0.533. The Morgan fingerprint density at radius 1 is 1.36 bits per heavy atom. The van der Waals surface area contributed by atoms with Crippen molar-refractivity contribution in [3.63, 3.8) is 0 Å². The molecular weight excluding hydrogens is 296 g/mol. The maximum atomic E-state index is 4.64. The maximum absolute atomic E-state index is 4.64. The molecule has 0 bridgehead atoms. The van der Waals surface area contributed by atoms with Crippen LogP contribution in [0.1, 0.15) is 28.9 Å². The Labute approximate surface area is 135 Å². The molecule has 0 saturated carbocycles. The van der Waals surface area contributed by atoms with E-state index >= 15 is 0 Å². The molecule has 0 unspecified atom stereocenters. The van der Waals surface area contributed by atoms with Gasteiger partial charge in [0.1, 0.15) is 0 Å². The van der Waals surface area contributed by atoms with E-state index in [4.69, 9.17) is 0 Å². The number of imidazole rings is 1. The topological polar surface area (TPSA) is 67.1 Å². The summed E-state index contributed by atoms with van der Waals surface area (Å²) in [7, 11) is 0. The molecule has 2 rings (SSSR count). The van der Waals surface area contributed by atoms with Crippen molar-refractivity contribution in [1.29, 1.82) is 0 Å². The molecule has 0 atom stereocenters. The summed E-state index contributed by atoms with van der Waals surface area (Å²) in [6.07, 6.45) is 6.65. The second-order valence-electron chi connectivity index (χ2n) is 5.02. The van der Waals surface area contributed by atoms with E-state index in [9.17, 15) is 0 Å². The number of hydrogen-bond donors (Lipinski definition) is 2. The molecular formula is C15H24N6S. The molecule has 7 heteroatoms. The quantitative estimate of drug-likeness (QED) is 0.466. The van der Waals surface area contributed by atoms with Crippen LogP contribution in [0.25, 0.3) is 0 Å². The first-order valence-electron chi connectivity index (χ1n) is 7.60. The van der Waals surface area contributed by atoms with Gasteiger partial charge in [-0.2, -0.15) is 0 Å². The third-order valence-corrected chi connectivity index (χ3v) is 4.23. The maximum Gasteiger partial charge on any atom is 0.191 e. The predicted molar refractivity (Wildman–Crippen MR) is 91.3 cm³/mol. The van der Waals surface area contributed by atoms with Crippen LogP contribution in [-0.4, -0.2) is 33.6 Å². The van der Waals surface area contributed by atoms with Gasteiger partial charge in [0.2, 0.25) is 0 Å². The smallest absolute Gasteiger partial charge is 0.191 e. The van der Waals surface area contributed by atoms with Crippen LogP contribution in [0, 0.1) is 13.8 Å². The van der Waals surface area contributed by atoms with Gasteiger partial charge in [0.05, 0.1) is 23.6 Å². The fourth-order valence-corrected chi connectivity index (χ4v) is 2.96. The number of guanidine groups is 1. The number of rotatable bonds is 7. The van der Waals surface area contributed by atoms with E-state index in [1.165, 1.54) is 4.88 Å². The van der Waals surface area contributed by atoms with Gasteiger partial charge in [-0.25, -0.2) is 15.0 Å². The minimum atomic E-state index is 0.675. The normalized spacial score (nSPS) is 11.7. The highest BCUT2D eigenvalue weighted by atomic mass is 32.1. The summed E-state index contributed by atoms with van der Waals surface area (Å²) in [5, 5.41) is 7.74. The summed E-state index contributed by atoms with van der Waals surface area (Å²) in [6, 6.07) is 0. The summed E-state index contributed by atoms with van der Waals surface area (Å²) < 4.78 is 2.08. The molecule has 0 amide bonds. The Balaban J connectivity index is 1.80. The standard InChI is InChI=1S/C15H24N6S/c1-4-17-15(18-6-5-8-21-9-7-16-11-21)19-10-14-12(2)20-13(3)22-14/h7,9,11H,4-6,8,10H2,1-3H3,(H2,17,18,19). The second-order valence-corrected chi connectivity index (χ2v) is 6.31. The molecule has 2 heterocycles. The van der Waals surface area contributed by atoms with Gasteiger partial charge in [0.15, 0.2) is 5.96 Å². The number of nitrogens with one attached hydrogen (secondary N) is 2. The molecule has 0 aliphatic heterocycles. The average molecular weight is 320 g/mol. The molecule has 0 aliphatic carbocycles. The lowest BCUT2D eigenvalue weighted by molar-refractivity contribution is 0.625. The lowest BCUT2D eigenvalue weighted by atomic mass is 10.4. The third kappa shape index (κ3) is 5.14. The first-order chi connectivity index (χ1) is 10.7.